The summed E-state index contributed by atoms with van der Waals surface area (Å²) in [4.78, 5) is 14.8. The summed E-state index contributed by atoms with van der Waals surface area (Å²) >= 11 is 2.38. The van der Waals surface area contributed by atoms with E-state index in [0.29, 0.717) is 18.0 Å². The highest BCUT2D eigenvalue weighted by Gasteiger charge is 2.49. The third-order valence-corrected chi connectivity index (χ3v) is 6.53. The lowest BCUT2D eigenvalue weighted by Gasteiger charge is -2.41. The number of nitrogens with zero attached hydrogens (tertiary/aromatic N) is 1. The molecule has 0 spiro atoms. The first-order chi connectivity index (χ1) is 10.0. The van der Waals surface area contributed by atoms with Crippen molar-refractivity contribution >= 4 is 28.6 Å². The fraction of sp³-hybridized carbons (Fsp3) is 0.588. The van der Waals surface area contributed by atoms with Gasteiger partial charge in [-0.1, -0.05) is 12.1 Å². The van der Waals surface area contributed by atoms with Crippen LogP contribution in [0.25, 0.3) is 0 Å². The van der Waals surface area contributed by atoms with Crippen molar-refractivity contribution < 1.29 is 9.53 Å². The minimum atomic E-state index is -0.0483. The lowest BCUT2D eigenvalue weighted by atomic mass is 9.76. The van der Waals surface area contributed by atoms with Crippen molar-refractivity contribution in [3.05, 3.63) is 32.9 Å². The molecule has 3 rings (SSSR count). The van der Waals surface area contributed by atoms with E-state index in [-0.39, 0.29) is 11.9 Å². The van der Waals surface area contributed by atoms with Gasteiger partial charge in [0.2, 0.25) is 0 Å². The van der Waals surface area contributed by atoms with E-state index in [1.54, 1.807) is 0 Å². The maximum absolute atomic E-state index is 12.4. The Morgan fingerprint density at radius 1 is 1.38 bits per heavy atom. The van der Waals surface area contributed by atoms with Gasteiger partial charge in [-0.05, 0) is 73.0 Å². The summed E-state index contributed by atoms with van der Waals surface area (Å²) in [6, 6.07) is 7.57. The van der Waals surface area contributed by atoms with Crippen LogP contribution in [-0.4, -0.2) is 37.1 Å². The highest BCUT2D eigenvalue weighted by Crippen LogP contribution is 2.46. The number of carbonyl (C=O) groups excluding carboxylic acids is 1. The zero-order valence-electron chi connectivity index (χ0n) is 12.8. The highest BCUT2D eigenvalue weighted by atomic mass is 127. The summed E-state index contributed by atoms with van der Waals surface area (Å²) in [5.41, 5.74) is 2.59. The SMILES string of the molecule is COC(=O)[C@H]1[C@@H](c2ccc(C)c(I)c2)C[C@@H]2CC[C@H]1N2C. The number of methoxy groups -OCH3 is 1. The Kier molecular flexibility index (Phi) is 4.28. The van der Waals surface area contributed by atoms with Gasteiger partial charge in [-0.3, -0.25) is 9.69 Å². The molecule has 4 atom stereocenters. The molecule has 0 aliphatic carbocycles. The summed E-state index contributed by atoms with van der Waals surface area (Å²) in [6.45, 7) is 2.13. The number of benzene rings is 1. The second kappa shape index (κ2) is 5.88. The fourth-order valence-electron chi connectivity index (χ4n) is 4.11. The summed E-state index contributed by atoms with van der Waals surface area (Å²) in [6.07, 6.45) is 3.38. The van der Waals surface area contributed by atoms with Crippen molar-refractivity contribution in [2.75, 3.05) is 14.2 Å². The van der Waals surface area contributed by atoms with E-state index in [1.807, 2.05) is 0 Å². The molecule has 2 heterocycles. The number of halogens is 1. The van der Waals surface area contributed by atoms with Gasteiger partial charge in [-0.2, -0.15) is 0 Å². The van der Waals surface area contributed by atoms with E-state index in [4.69, 9.17) is 4.74 Å². The van der Waals surface area contributed by atoms with Gasteiger partial charge >= 0.3 is 5.97 Å². The van der Waals surface area contributed by atoms with Crippen molar-refractivity contribution in [2.45, 2.75) is 44.2 Å². The Morgan fingerprint density at radius 3 is 2.81 bits per heavy atom. The Bertz CT molecular complexity index is 560. The number of ether oxygens (including phenoxy) is 1. The van der Waals surface area contributed by atoms with Gasteiger partial charge in [-0.25, -0.2) is 0 Å². The molecule has 1 aromatic rings. The number of esters is 1. The maximum atomic E-state index is 12.4. The van der Waals surface area contributed by atoms with Crippen LogP contribution in [0.4, 0.5) is 0 Å². The third kappa shape index (κ3) is 2.61. The molecule has 114 valence electrons. The van der Waals surface area contributed by atoms with Crippen molar-refractivity contribution in [1.82, 2.24) is 4.90 Å². The Balaban J connectivity index is 1.98. The summed E-state index contributed by atoms with van der Waals surface area (Å²) < 4.78 is 6.40. The fourth-order valence-corrected chi connectivity index (χ4v) is 4.65. The molecule has 3 nitrogen and oxygen atoms in total. The molecule has 21 heavy (non-hydrogen) atoms. The third-order valence-electron chi connectivity index (χ3n) is 5.37. The van der Waals surface area contributed by atoms with Gasteiger partial charge in [0.15, 0.2) is 0 Å². The topological polar surface area (TPSA) is 29.5 Å². The van der Waals surface area contributed by atoms with Gasteiger partial charge in [0, 0.05) is 21.6 Å². The largest absolute Gasteiger partial charge is 0.469 e. The predicted molar refractivity (Wildman–Crippen MR) is 91.3 cm³/mol. The molecule has 0 saturated carbocycles. The molecule has 1 aromatic carbocycles. The number of piperidine rings is 1. The lowest BCUT2D eigenvalue weighted by Crippen LogP contribution is -2.49. The van der Waals surface area contributed by atoms with Crippen molar-refractivity contribution in [3.8, 4) is 0 Å². The zero-order valence-corrected chi connectivity index (χ0v) is 15.0. The van der Waals surface area contributed by atoms with Gasteiger partial charge in [0.05, 0.1) is 13.0 Å². The van der Waals surface area contributed by atoms with Crippen molar-refractivity contribution in [1.29, 1.82) is 0 Å². The summed E-state index contributed by atoms with van der Waals surface area (Å²) in [5, 5.41) is 0. The molecular formula is C17H22INO2. The van der Waals surface area contributed by atoms with Crippen LogP contribution in [0.3, 0.4) is 0 Å². The average molecular weight is 399 g/mol. The first kappa shape index (κ1) is 15.3. The number of rotatable bonds is 2. The van der Waals surface area contributed by atoms with Crippen LogP contribution in [0.1, 0.15) is 36.3 Å². The van der Waals surface area contributed by atoms with E-state index >= 15 is 0 Å². The van der Waals surface area contributed by atoms with E-state index in [9.17, 15) is 4.79 Å². The normalized spacial score (nSPS) is 32.2. The molecule has 2 saturated heterocycles. The molecule has 0 unspecified atom stereocenters. The minimum Gasteiger partial charge on any atom is -0.469 e. The Morgan fingerprint density at radius 2 is 2.14 bits per heavy atom. The number of hydrogen-bond donors (Lipinski definition) is 0. The van der Waals surface area contributed by atoms with Crippen LogP contribution in [0.5, 0.6) is 0 Å². The van der Waals surface area contributed by atoms with Crippen molar-refractivity contribution in [2.24, 2.45) is 5.92 Å². The van der Waals surface area contributed by atoms with E-state index in [0.717, 1.165) is 12.8 Å². The first-order valence-electron chi connectivity index (χ1n) is 7.58. The van der Waals surface area contributed by atoms with Crippen LogP contribution >= 0.6 is 22.6 Å². The molecule has 0 amide bonds. The van der Waals surface area contributed by atoms with Crippen LogP contribution < -0.4 is 0 Å². The first-order valence-corrected chi connectivity index (χ1v) is 8.66. The van der Waals surface area contributed by atoms with Gasteiger partial charge < -0.3 is 4.74 Å². The summed E-state index contributed by atoms with van der Waals surface area (Å²) in [5.74, 6) is 0.213. The van der Waals surface area contributed by atoms with Crippen LogP contribution in [0.2, 0.25) is 0 Å². The van der Waals surface area contributed by atoms with Crippen LogP contribution in [0.15, 0.2) is 18.2 Å². The Labute approximate surface area is 140 Å². The quantitative estimate of drug-likeness (QED) is 0.565. The Hall–Kier alpha value is -0.620. The highest BCUT2D eigenvalue weighted by molar-refractivity contribution is 14.1. The molecule has 4 heteroatoms. The van der Waals surface area contributed by atoms with Gasteiger partial charge in [0.25, 0.3) is 0 Å². The maximum Gasteiger partial charge on any atom is 0.310 e. The minimum absolute atomic E-state index is 0.0303. The number of hydrogen-bond acceptors (Lipinski definition) is 3. The van der Waals surface area contributed by atoms with E-state index in [2.05, 4.69) is 59.7 Å². The monoisotopic (exact) mass is 399 g/mol. The molecule has 2 aliphatic heterocycles. The van der Waals surface area contributed by atoms with E-state index < -0.39 is 0 Å². The predicted octanol–water partition coefficient (Wildman–Crippen LogP) is 3.34. The number of fused-ring (bicyclic) bond motifs is 2. The number of aryl methyl sites for hydroxylation is 1. The van der Waals surface area contributed by atoms with Gasteiger partial charge in [0.1, 0.15) is 0 Å². The molecule has 0 N–H and O–H groups in total. The molecule has 2 aliphatic rings. The molecule has 0 aromatic heterocycles. The zero-order chi connectivity index (χ0) is 15.1. The molecule has 2 bridgehead atoms. The van der Waals surface area contributed by atoms with Crippen LogP contribution in [0, 0.1) is 16.4 Å². The molecular weight excluding hydrogens is 377 g/mol. The van der Waals surface area contributed by atoms with E-state index in [1.165, 1.54) is 28.2 Å². The molecule has 2 fully saturated rings. The molecule has 0 radical (unpaired) electrons. The standard InChI is InChI=1S/C17H22INO2/c1-10-4-5-11(8-14(10)18)13-9-12-6-7-15(19(12)2)16(13)17(20)21-3/h4-5,8,12-13,15-16H,6-7,9H2,1-3H3/t12-,13+,15+,16-/m0/s1. The lowest BCUT2D eigenvalue weighted by molar-refractivity contribution is -0.150. The van der Waals surface area contributed by atoms with Gasteiger partial charge in [-0.15, -0.1) is 0 Å². The second-order valence-electron chi connectivity index (χ2n) is 6.36. The van der Waals surface area contributed by atoms with Crippen LogP contribution in [-0.2, 0) is 9.53 Å². The smallest absolute Gasteiger partial charge is 0.310 e. The van der Waals surface area contributed by atoms with Crippen molar-refractivity contribution in [3.63, 3.8) is 0 Å². The summed E-state index contributed by atoms with van der Waals surface area (Å²) in [7, 11) is 3.67. The second-order valence-corrected chi connectivity index (χ2v) is 7.53. The number of carbonyl (C=O) groups is 1. The average Bonchev–Trinajstić information content (AvgIpc) is 2.72.